The Bertz CT molecular complexity index is 560. The molecule has 0 aromatic carbocycles. The average Bonchev–Trinajstić information content (AvgIpc) is 3.05. The van der Waals surface area contributed by atoms with E-state index in [-0.39, 0.29) is 24.4 Å². The van der Waals surface area contributed by atoms with E-state index in [9.17, 15) is 23.1 Å². The average molecular weight is 334 g/mol. The summed E-state index contributed by atoms with van der Waals surface area (Å²) in [6, 6.07) is -0.258. The van der Waals surface area contributed by atoms with Gasteiger partial charge in [-0.1, -0.05) is 6.42 Å². The standard InChI is InChI=1S/C14H21F3N4O2/c1-21-8-7-20-12(21)13(23,14(15,16)17)5-6-19-11(22)9-3-2-4-10(9)18/h7-10,23H,2-6,18H2,1H3,(H,19,22). The Morgan fingerprint density at radius 1 is 1.52 bits per heavy atom. The number of hydrogen-bond acceptors (Lipinski definition) is 4. The molecular formula is C14H21F3N4O2. The summed E-state index contributed by atoms with van der Waals surface area (Å²) in [7, 11) is 1.37. The fraction of sp³-hybridized carbons (Fsp3) is 0.714. The van der Waals surface area contributed by atoms with E-state index in [2.05, 4.69) is 10.3 Å². The first kappa shape index (κ1) is 17.7. The Hall–Kier alpha value is -1.61. The third-order valence-corrected chi connectivity index (χ3v) is 4.35. The SMILES string of the molecule is Cn1ccnc1C(O)(CCNC(=O)C1CCCC1N)C(F)(F)F. The number of nitrogens with zero attached hydrogens (tertiary/aromatic N) is 2. The van der Waals surface area contributed by atoms with E-state index in [0.29, 0.717) is 6.42 Å². The fourth-order valence-corrected chi connectivity index (χ4v) is 2.96. The Morgan fingerprint density at radius 3 is 2.70 bits per heavy atom. The Kier molecular flexibility index (Phi) is 5.00. The van der Waals surface area contributed by atoms with Crippen molar-refractivity contribution in [1.29, 1.82) is 0 Å². The molecule has 0 bridgehead atoms. The number of amides is 1. The van der Waals surface area contributed by atoms with Gasteiger partial charge in [-0.05, 0) is 12.8 Å². The summed E-state index contributed by atoms with van der Waals surface area (Å²) in [6.07, 6.45) is -0.910. The lowest BCUT2D eigenvalue weighted by Crippen LogP contribution is -2.47. The van der Waals surface area contributed by atoms with Crippen LogP contribution in [0, 0.1) is 5.92 Å². The second-order valence-electron chi connectivity index (χ2n) is 5.96. The zero-order valence-corrected chi connectivity index (χ0v) is 12.8. The van der Waals surface area contributed by atoms with Gasteiger partial charge in [0.2, 0.25) is 11.5 Å². The number of rotatable bonds is 5. The first-order chi connectivity index (χ1) is 10.7. The minimum absolute atomic E-state index is 0.258. The molecule has 1 amide bonds. The van der Waals surface area contributed by atoms with Gasteiger partial charge in [0.25, 0.3) is 0 Å². The van der Waals surface area contributed by atoms with Gasteiger partial charge in [0.1, 0.15) is 5.82 Å². The summed E-state index contributed by atoms with van der Waals surface area (Å²) in [6.45, 7) is -0.315. The van der Waals surface area contributed by atoms with Crippen LogP contribution in [0.5, 0.6) is 0 Å². The number of aliphatic hydroxyl groups is 1. The fourth-order valence-electron chi connectivity index (χ4n) is 2.96. The van der Waals surface area contributed by atoms with Gasteiger partial charge in [0, 0.05) is 38.4 Å². The molecule has 0 aliphatic heterocycles. The normalized spacial score (nSPS) is 24.4. The molecule has 23 heavy (non-hydrogen) atoms. The molecule has 4 N–H and O–H groups in total. The molecule has 1 fully saturated rings. The van der Waals surface area contributed by atoms with Crippen LogP contribution in [0.15, 0.2) is 12.4 Å². The van der Waals surface area contributed by atoms with Gasteiger partial charge in [-0.25, -0.2) is 4.98 Å². The number of carbonyl (C=O) groups is 1. The van der Waals surface area contributed by atoms with Crippen LogP contribution in [0.25, 0.3) is 0 Å². The van der Waals surface area contributed by atoms with E-state index >= 15 is 0 Å². The monoisotopic (exact) mass is 334 g/mol. The molecule has 0 saturated heterocycles. The smallest absolute Gasteiger partial charge is 0.374 e. The number of halogens is 3. The molecule has 1 aromatic rings. The largest absolute Gasteiger partial charge is 0.424 e. The van der Waals surface area contributed by atoms with Crippen LogP contribution in [0.4, 0.5) is 13.2 Å². The van der Waals surface area contributed by atoms with Crippen LogP contribution in [0.3, 0.4) is 0 Å². The number of carbonyl (C=O) groups excluding carboxylic acids is 1. The molecule has 1 saturated carbocycles. The number of aryl methyl sites for hydroxylation is 1. The summed E-state index contributed by atoms with van der Waals surface area (Å²) >= 11 is 0. The Balaban J connectivity index is 2.03. The van der Waals surface area contributed by atoms with Crippen molar-refractivity contribution in [2.24, 2.45) is 18.7 Å². The zero-order chi connectivity index (χ0) is 17.3. The summed E-state index contributed by atoms with van der Waals surface area (Å²) < 4.78 is 41.0. The molecule has 0 radical (unpaired) electrons. The third kappa shape index (κ3) is 3.50. The number of nitrogens with one attached hydrogen (secondary N) is 1. The lowest BCUT2D eigenvalue weighted by molar-refractivity contribution is -0.272. The molecule has 3 atom stereocenters. The van der Waals surface area contributed by atoms with Gasteiger partial charge in [-0.15, -0.1) is 0 Å². The summed E-state index contributed by atoms with van der Waals surface area (Å²) in [5.74, 6) is -1.24. The zero-order valence-electron chi connectivity index (χ0n) is 12.8. The summed E-state index contributed by atoms with van der Waals surface area (Å²) in [5, 5.41) is 12.6. The molecule has 1 aliphatic carbocycles. The number of hydrogen-bond donors (Lipinski definition) is 3. The first-order valence-corrected chi connectivity index (χ1v) is 7.47. The van der Waals surface area contributed by atoms with Crippen LogP contribution in [-0.4, -0.2) is 39.3 Å². The summed E-state index contributed by atoms with van der Waals surface area (Å²) in [4.78, 5) is 15.6. The molecule has 1 aliphatic rings. The van der Waals surface area contributed by atoms with E-state index in [0.717, 1.165) is 17.4 Å². The minimum Gasteiger partial charge on any atom is -0.374 e. The lowest BCUT2D eigenvalue weighted by atomic mass is 9.97. The van der Waals surface area contributed by atoms with Crippen LogP contribution < -0.4 is 11.1 Å². The molecular weight excluding hydrogens is 313 g/mol. The molecule has 2 rings (SSSR count). The Labute approximate surface area is 131 Å². The molecule has 0 spiro atoms. The van der Waals surface area contributed by atoms with Crippen LogP contribution in [0.1, 0.15) is 31.5 Å². The van der Waals surface area contributed by atoms with Gasteiger partial charge in [-0.2, -0.15) is 13.2 Å². The van der Waals surface area contributed by atoms with E-state index in [1.54, 1.807) is 0 Å². The molecule has 1 aromatic heterocycles. The number of nitrogens with two attached hydrogens (primary N) is 1. The molecule has 6 nitrogen and oxygen atoms in total. The van der Waals surface area contributed by atoms with Crippen molar-refractivity contribution in [3.05, 3.63) is 18.2 Å². The highest BCUT2D eigenvalue weighted by molar-refractivity contribution is 5.79. The summed E-state index contributed by atoms with van der Waals surface area (Å²) in [5.41, 5.74) is 2.69. The highest BCUT2D eigenvalue weighted by Crippen LogP contribution is 2.40. The van der Waals surface area contributed by atoms with Crippen molar-refractivity contribution in [2.45, 2.75) is 43.5 Å². The quantitative estimate of drug-likeness (QED) is 0.743. The molecule has 1 heterocycles. The number of imidazole rings is 1. The van der Waals surface area contributed by atoms with E-state index in [1.165, 1.54) is 19.4 Å². The predicted molar refractivity (Wildman–Crippen MR) is 76.1 cm³/mol. The van der Waals surface area contributed by atoms with E-state index < -0.39 is 24.0 Å². The van der Waals surface area contributed by atoms with Crippen molar-refractivity contribution in [3.63, 3.8) is 0 Å². The first-order valence-electron chi connectivity index (χ1n) is 7.47. The van der Waals surface area contributed by atoms with Crippen molar-refractivity contribution in [2.75, 3.05) is 6.54 Å². The molecule has 3 unspecified atom stereocenters. The maximum absolute atomic E-state index is 13.3. The van der Waals surface area contributed by atoms with Gasteiger partial charge in [-0.3, -0.25) is 4.79 Å². The maximum atomic E-state index is 13.3. The lowest BCUT2D eigenvalue weighted by Gasteiger charge is -2.30. The van der Waals surface area contributed by atoms with Crippen LogP contribution in [0.2, 0.25) is 0 Å². The predicted octanol–water partition coefficient (Wildman–Crippen LogP) is 0.804. The van der Waals surface area contributed by atoms with E-state index in [4.69, 9.17) is 5.73 Å². The van der Waals surface area contributed by atoms with Gasteiger partial charge in [0.05, 0.1) is 5.92 Å². The van der Waals surface area contributed by atoms with Gasteiger partial charge in [0.15, 0.2) is 0 Å². The second kappa shape index (κ2) is 6.48. The second-order valence-corrected chi connectivity index (χ2v) is 5.96. The molecule has 9 heteroatoms. The maximum Gasteiger partial charge on any atom is 0.424 e. The van der Waals surface area contributed by atoms with Crippen LogP contribution in [-0.2, 0) is 17.4 Å². The highest BCUT2D eigenvalue weighted by Gasteiger charge is 2.57. The highest BCUT2D eigenvalue weighted by atomic mass is 19.4. The minimum atomic E-state index is -4.90. The third-order valence-electron chi connectivity index (χ3n) is 4.35. The van der Waals surface area contributed by atoms with Crippen molar-refractivity contribution >= 4 is 5.91 Å². The van der Waals surface area contributed by atoms with Crippen LogP contribution >= 0.6 is 0 Å². The van der Waals surface area contributed by atoms with Crippen molar-refractivity contribution in [1.82, 2.24) is 14.9 Å². The Morgan fingerprint density at radius 2 is 2.22 bits per heavy atom. The van der Waals surface area contributed by atoms with Gasteiger partial charge < -0.3 is 20.7 Å². The van der Waals surface area contributed by atoms with E-state index in [1.807, 2.05) is 0 Å². The number of aromatic nitrogens is 2. The number of alkyl halides is 3. The van der Waals surface area contributed by atoms with Crippen molar-refractivity contribution < 1.29 is 23.1 Å². The van der Waals surface area contributed by atoms with Gasteiger partial charge >= 0.3 is 6.18 Å². The van der Waals surface area contributed by atoms with Crippen molar-refractivity contribution in [3.8, 4) is 0 Å². The topological polar surface area (TPSA) is 93.2 Å². The molecule has 130 valence electrons.